The van der Waals surface area contributed by atoms with Crippen molar-refractivity contribution in [3.8, 4) is 0 Å². The van der Waals surface area contributed by atoms with Crippen molar-refractivity contribution in [2.45, 2.75) is 25.1 Å². The Hall–Kier alpha value is 0.217. The summed E-state index contributed by atoms with van der Waals surface area (Å²) >= 11 is 0. The van der Waals surface area contributed by atoms with Crippen LogP contribution in [-0.2, 0) is 0 Å². The van der Waals surface area contributed by atoms with E-state index in [0.717, 1.165) is 0 Å². The molecule has 0 aromatic rings. The lowest BCUT2D eigenvalue weighted by atomic mass is 10.6. The van der Waals surface area contributed by atoms with E-state index in [-0.39, 0.29) is 8.80 Å². The molecule has 0 bridgehead atoms. The second-order valence-electron chi connectivity index (χ2n) is 2.19. The molecule has 1 saturated heterocycles. The van der Waals surface area contributed by atoms with Gasteiger partial charge in [-0.1, -0.05) is 25.1 Å². The van der Waals surface area contributed by atoms with E-state index in [2.05, 4.69) is 13.5 Å². The minimum Gasteiger partial charge on any atom is -0.0718 e. The van der Waals surface area contributed by atoms with Crippen molar-refractivity contribution in [1.82, 2.24) is 0 Å². The number of hydrogen-bond donors (Lipinski definition) is 0. The lowest BCUT2D eigenvalue weighted by molar-refractivity contribution is 1.21. The van der Waals surface area contributed by atoms with Crippen molar-refractivity contribution >= 4 is 8.80 Å². The number of hydrogen-bond acceptors (Lipinski definition) is 0. The lowest BCUT2D eigenvalue weighted by Gasteiger charge is -1.64. The molecule has 30 valence electrons. The second kappa shape index (κ2) is 0.838. The quantitative estimate of drug-likeness (QED) is 0.389. The van der Waals surface area contributed by atoms with Crippen molar-refractivity contribution in [2.24, 2.45) is 0 Å². The lowest BCUT2D eigenvalue weighted by Crippen LogP contribution is -1.70. The van der Waals surface area contributed by atoms with E-state index in [4.69, 9.17) is 0 Å². The van der Waals surface area contributed by atoms with Gasteiger partial charge in [-0.3, -0.25) is 0 Å². The Balaban J connectivity index is 2.20. The van der Waals surface area contributed by atoms with Gasteiger partial charge >= 0.3 is 0 Å². The van der Waals surface area contributed by atoms with Crippen molar-refractivity contribution in [1.29, 1.82) is 0 Å². The molecule has 1 rings (SSSR count). The Morgan fingerprint density at radius 3 is 2.00 bits per heavy atom. The molecule has 0 nitrogen and oxygen atoms in total. The van der Waals surface area contributed by atoms with Gasteiger partial charge in [0.15, 0.2) is 0 Å². The molecule has 0 aliphatic carbocycles. The molecule has 5 heavy (non-hydrogen) atoms. The van der Waals surface area contributed by atoms with Crippen LogP contribution in [0.4, 0.5) is 0 Å². The van der Waals surface area contributed by atoms with Gasteiger partial charge in [-0.05, 0) is 0 Å². The highest BCUT2D eigenvalue weighted by molar-refractivity contribution is 6.70. The predicted molar refractivity (Wildman–Crippen MR) is 27.2 cm³/mol. The SMILES string of the molecule is CC1C[SiH]1C. The first-order chi connectivity index (χ1) is 2.30. The maximum absolute atomic E-state index is 2.44. The van der Waals surface area contributed by atoms with E-state index in [1.54, 1.807) is 6.04 Å². The molecule has 1 heteroatoms. The van der Waals surface area contributed by atoms with Crippen LogP contribution >= 0.6 is 0 Å². The Morgan fingerprint density at radius 1 is 1.80 bits per heavy atom. The maximum atomic E-state index is 2.44. The molecule has 0 aromatic carbocycles. The normalized spacial score (nSPS) is 49.2. The third-order valence-electron chi connectivity index (χ3n) is 1.51. The van der Waals surface area contributed by atoms with Crippen molar-refractivity contribution in [2.75, 3.05) is 0 Å². The first-order valence-electron chi connectivity index (χ1n) is 2.30. The highest BCUT2D eigenvalue weighted by atomic mass is 28.3. The van der Waals surface area contributed by atoms with Gasteiger partial charge in [0.1, 0.15) is 0 Å². The predicted octanol–water partition coefficient (Wildman–Crippen LogP) is 1.25. The summed E-state index contributed by atoms with van der Waals surface area (Å²) in [5, 5.41) is 0. The number of rotatable bonds is 0. The van der Waals surface area contributed by atoms with Crippen LogP contribution in [0.1, 0.15) is 6.92 Å². The molecule has 2 atom stereocenters. The summed E-state index contributed by atoms with van der Waals surface area (Å²) in [5.74, 6) is 0. The fourth-order valence-corrected chi connectivity index (χ4v) is 2.34. The monoisotopic (exact) mass is 86.1 g/mol. The zero-order valence-electron chi connectivity index (χ0n) is 3.86. The molecule has 1 aliphatic heterocycles. The minimum absolute atomic E-state index is 0.0170. The van der Waals surface area contributed by atoms with Gasteiger partial charge in [-0.15, -0.1) is 0 Å². The van der Waals surface area contributed by atoms with E-state index in [1.165, 1.54) is 5.54 Å². The van der Waals surface area contributed by atoms with Gasteiger partial charge in [0.25, 0.3) is 0 Å². The molecule has 0 aromatic heterocycles. The third-order valence-corrected chi connectivity index (χ3v) is 4.54. The summed E-state index contributed by atoms with van der Waals surface area (Å²) in [7, 11) is 0.0170. The van der Waals surface area contributed by atoms with Gasteiger partial charge in [0.2, 0.25) is 0 Å². The fraction of sp³-hybridized carbons (Fsp3) is 1.00. The molecule has 2 unspecified atom stereocenters. The molecule has 1 aliphatic rings. The first kappa shape index (κ1) is 3.41. The summed E-state index contributed by atoms with van der Waals surface area (Å²) in [6, 6.07) is 1.61. The van der Waals surface area contributed by atoms with Crippen LogP contribution in [0.15, 0.2) is 0 Å². The summed E-state index contributed by atoms with van der Waals surface area (Å²) in [5.41, 5.74) is 1.19. The van der Waals surface area contributed by atoms with Crippen LogP contribution in [0.5, 0.6) is 0 Å². The van der Waals surface area contributed by atoms with E-state index in [1.807, 2.05) is 0 Å². The zero-order chi connectivity index (χ0) is 3.86. The average molecular weight is 86.2 g/mol. The largest absolute Gasteiger partial charge is 0.0718 e. The van der Waals surface area contributed by atoms with E-state index in [0.29, 0.717) is 0 Å². The van der Waals surface area contributed by atoms with E-state index in [9.17, 15) is 0 Å². The van der Waals surface area contributed by atoms with Crippen LogP contribution in [0, 0.1) is 0 Å². The van der Waals surface area contributed by atoms with Crippen LogP contribution < -0.4 is 0 Å². The molecule has 0 N–H and O–H groups in total. The van der Waals surface area contributed by atoms with Gasteiger partial charge in [0.05, 0.1) is 0 Å². The molecule has 0 saturated carbocycles. The van der Waals surface area contributed by atoms with Crippen LogP contribution in [0.25, 0.3) is 0 Å². The summed E-state index contributed by atoms with van der Waals surface area (Å²) in [4.78, 5) is 0. The molecule has 0 radical (unpaired) electrons. The van der Waals surface area contributed by atoms with Crippen molar-refractivity contribution in [3.63, 3.8) is 0 Å². The third kappa shape index (κ3) is 0.536. The molecular weight excluding hydrogens is 76.1 g/mol. The van der Waals surface area contributed by atoms with Crippen molar-refractivity contribution < 1.29 is 0 Å². The molecule has 1 fully saturated rings. The first-order valence-corrected chi connectivity index (χ1v) is 4.94. The Morgan fingerprint density at radius 2 is 2.00 bits per heavy atom. The fourth-order valence-electron chi connectivity index (χ4n) is 0.508. The summed E-state index contributed by atoms with van der Waals surface area (Å²) in [6.45, 7) is 4.79. The van der Waals surface area contributed by atoms with Gasteiger partial charge in [-0.25, -0.2) is 0 Å². The smallest absolute Gasteiger partial charge is 0.0362 e. The maximum Gasteiger partial charge on any atom is 0.0362 e. The van der Waals surface area contributed by atoms with E-state index < -0.39 is 0 Å². The highest BCUT2D eigenvalue weighted by Crippen LogP contribution is 2.35. The topological polar surface area (TPSA) is 0 Å². The van der Waals surface area contributed by atoms with Crippen LogP contribution in [-0.4, -0.2) is 8.80 Å². The highest BCUT2D eigenvalue weighted by Gasteiger charge is 2.28. The molecule has 0 amide bonds. The van der Waals surface area contributed by atoms with Crippen LogP contribution in [0.3, 0.4) is 0 Å². The Bertz CT molecular complexity index is 36.9. The standard InChI is InChI=1S/C4H10Si/c1-4-3-5(4)2/h4-5H,3H2,1-2H3. The Kier molecular flexibility index (Phi) is 0.571. The molecule has 1 heterocycles. The minimum atomic E-state index is 0.0170. The average Bonchev–Trinajstić information content (AvgIpc) is 1.79. The van der Waals surface area contributed by atoms with Crippen LogP contribution in [0.2, 0.25) is 18.1 Å². The molecule has 0 spiro atoms. The second-order valence-corrected chi connectivity index (χ2v) is 5.75. The zero-order valence-corrected chi connectivity index (χ0v) is 5.02. The van der Waals surface area contributed by atoms with Crippen molar-refractivity contribution in [3.05, 3.63) is 0 Å². The van der Waals surface area contributed by atoms with Gasteiger partial charge in [0, 0.05) is 8.80 Å². The summed E-state index contributed by atoms with van der Waals surface area (Å²) < 4.78 is 0. The van der Waals surface area contributed by atoms with Gasteiger partial charge in [-0.2, -0.15) is 0 Å². The van der Waals surface area contributed by atoms with Gasteiger partial charge < -0.3 is 0 Å². The molecular formula is C4H10Si. The summed E-state index contributed by atoms with van der Waals surface area (Å²) in [6.07, 6.45) is 0. The van der Waals surface area contributed by atoms with E-state index >= 15 is 0 Å². The Labute approximate surface area is 34.8 Å².